The maximum Gasteiger partial charge on any atom is 1.00 e. The van der Waals surface area contributed by atoms with Crippen LogP contribution in [0.2, 0.25) is 0 Å². The van der Waals surface area contributed by atoms with Crippen LogP contribution in [0.3, 0.4) is 0 Å². The molecule has 0 N–H and O–H groups in total. The molecule has 0 aliphatic rings. The molecular weight excluding hydrogens is 174 g/mol. The minimum atomic E-state index is -5.16. The molecule has 38 valence electrons. The van der Waals surface area contributed by atoms with Gasteiger partial charge in [-0.3, -0.25) is 0 Å². The molecule has 0 fully saturated rings. The Morgan fingerprint density at radius 2 is 1.71 bits per heavy atom. The fourth-order valence-corrected chi connectivity index (χ4v) is 0. The third-order valence-electron chi connectivity index (χ3n) is 0.224. The molecule has 4 nitrogen and oxygen atoms in total. The summed E-state index contributed by atoms with van der Waals surface area (Å²) in [6.45, 7) is 0. The van der Waals surface area contributed by atoms with Gasteiger partial charge in [0.25, 0.3) is 0 Å². The summed E-state index contributed by atoms with van der Waals surface area (Å²) in [5.74, 6) is 0. The van der Waals surface area contributed by atoms with E-state index in [4.69, 9.17) is 0 Å². The van der Waals surface area contributed by atoms with Gasteiger partial charge in [-0.2, -0.15) is 0 Å². The summed E-state index contributed by atoms with van der Waals surface area (Å²) < 4.78 is 31.4. The Bertz CT molecular complexity index is 75.8. The summed E-state index contributed by atoms with van der Waals surface area (Å²) in [5, 5.41) is 0. The molecule has 0 radical (unpaired) electrons. The van der Waals surface area contributed by atoms with Crippen LogP contribution < -0.4 is 37.7 Å². The summed E-state index contributed by atoms with van der Waals surface area (Å²) in [7, 11) is 0.847. The van der Waals surface area contributed by atoms with E-state index in [1.165, 1.54) is 0 Å². The van der Waals surface area contributed by atoms with Gasteiger partial charge in [-0.05, 0) is 0 Å². The summed E-state index contributed by atoms with van der Waals surface area (Å²) in [5.41, 5.74) is 0. The van der Waals surface area contributed by atoms with Crippen molar-refractivity contribution in [1.82, 2.24) is 0 Å². The van der Waals surface area contributed by atoms with Crippen molar-refractivity contribution in [3.8, 4) is 0 Å². The van der Waals surface area contributed by atoms with Crippen LogP contribution in [0.4, 0.5) is 0 Å². The first-order valence-corrected chi connectivity index (χ1v) is 4.20. The molecule has 7 heavy (non-hydrogen) atoms. The van der Waals surface area contributed by atoms with E-state index >= 15 is 0 Å². The van der Waals surface area contributed by atoms with Gasteiger partial charge in [-0.25, -0.2) is 0 Å². The standard InChI is InChI=1S/CH5AsO4.Na/c1-6-2(3,4)5;/h1H3,(H2,3,4,5);/q;+1/p-2. The smallest absolute Gasteiger partial charge is 1.00 e. The maximum atomic E-state index is 9.31. The number of rotatable bonds is 1. The molecule has 0 aromatic rings. The van der Waals surface area contributed by atoms with Gasteiger partial charge in [0.2, 0.25) is 0 Å². The molecule has 6 heteroatoms. The predicted octanol–water partition coefficient (Wildman–Crippen LogP) is -5.78. The Hall–Kier alpha value is 1.24. The van der Waals surface area contributed by atoms with Gasteiger partial charge in [0.05, 0.1) is 0 Å². The predicted molar refractivity (Wildman–Crippen MR) is 13.4 cm³/mol. The SMILES string of the molecule is CO[As](=O)([O-])[O-].[Na+]. The Labute approximate surface area is 66.5 Å². The zero-order valence-electron chi connectivity index (χ0n) is 4.08. The van der Waals surface area contributed by atoms with E-state index in [1.807, 2.05) is 0 Å². The molecule has 0 atom stereocenters. The summed E-state index contributed by atoms with van der Waals surface area (Å²) >= 11 is -5.16. The largest absolute Gasteiger partial charge is 1.00 e. The van der Waals surface area contributed by atoms with Crippen LogP contribution in [0.25, 0.3) is 0 Å². The van der Waals surface area contributed by atoms with E-state index in [2.05, 4.69) is 3.73 Å². The summed E-state index contributed by atoms with van der Waals surface area (Å²) in [4.78, 5) is 0. The molecule has 0 amide bonds. The number of hydrogen-bond donors (Lipinski definition) is 0. The van der Waals surface area contributed by atoms with Crippen molar-refractivity contribution >= 4 is 14.5 Å². The Kier molecular flexibility index (Phi) is 6.58. The molecule has 0 aromatic heterocycles. The van der Waals surface area contributed by atoms with E-state index in [-0.39, 0.29) is 29.6 Å². The van der Waals surface area contributed by atoms with E-state index in [0.717, 1.165) is 7.11 Å². The van der Waals surface area contributed by atoms with Crippen LogP contribution in [0, 0.1) is 0 Å². The van der Waals surface area contributed by atoms with Gasteiger partial charge in [0, 0.05) is 0 Å². The zero-order valence-corrected chi connectivity index (χ0v) is 7.96. The molecule has 0 saturated heterocycles. The second kappa shape index (κ2) is 4.15. The molecule has 0 rings (SSSR count). The Morgan fingerprint density at radius 1 is 1.57 bits per heavy atom. The molecule has 0 unspecified atom stereocenters. The first kappa shape index (κ1) is 11.1. The van der Waals surface area contributed by atoms with Gasteiger partial charge < -0.3 is 0 Å². The monoisotopic (exact) mass is 177 g/mol. The van der Waals surface area contributed by atoms with Crippen molar-refractivity contribution in [3.63, 3.8) is 0 Å². The van der Waals surface area contributed by atoms with Gasteiger partial charge in [-0.15, -0.1) is 0 Å². The van der Waals surface area contributed by atoms with Gasteiger partial charge in [0.1, 0.15) is 0 Å². The molecule has 0 heterocycles. The minimum absolute atomic E-state index is 0. The zero-order chi connectivity index (χ0) is 5.21. The van der Waals surface area contributed by atoms with Crippen LogP contribution in [0.15, 0.2) is 0 Å². The van der Waals surface area contributed by atoms with Gasteiger partial charge in [0.15, 0.2) is 0 Å². The van der Waals surface area contributed by atoms with Crippen molar-refractivity contribution in [2.75, 3.05) is 7.11 Å². The van der Waals surface area contributed by atoms with Crippen LogP contribution >= 0.6 is 0 Å². The Balaban J connectivity index is 0. The van der Waals surface area contributed by atoms with Crippen molar-refractivity contribution < 1.29 is 45.2 Å². The van der Waals surface area contributed by atoms with Crippen LogP contribution in [0.5, 0.6) is 0 Å². The average molecular weight is 177 g/mol. The molecule has 0 aliphatic heterocycles. The minimum Gasteiger partial charge on any atom is 1.00 e. The van der Waals surface area contributed by atoms with E-state index in [9.17, 15) is 11.9 Å². The summed E-state index contributed by atoms with van der Waals surface area (Å²) in [6, 6.07) is 0. The van der Waals surface area contributed by atoms with Crippen molar-refractivity contribution in [1.29, 1.82) is 0 Å². The molecule has 0 bridgehead atoms. The van der Waals surface area contributed by atoms with Crippen molar-refractivity contribution in [2.24, 2.45) is 0 Å². The first-order valence-electron chi connectivity index (χ1n) is 1.14. The van der Waals surface area contributed by atoms with Gasteiger partial charge >= 0.3 is 66.8 Å². The van der Waals surface area contributed by atoms with Crippen LogP contribution in [-0.2, 0) is 7.47 Å². The molecule has 0 spiro atoms. The average Bonchev–Trinajstić information content (AvgIpc) is 1.35. The normalized spacial score (nSPS) is 10.1. The van der Waals surface area contributed by atoms with E-state index in [0.29, 0.717) is 0 Å². The van der Waals surface area contributed by atoms with E-state index < -0.39 is 14.5 Å². The number of hydrogen-bond acceptors (Lipinski definition) is 4. The van der Waals surface area contributed by atoms with Crippen molar-refractivity contribution in [3.05, 3.63) is 0 Å². The third kappa shape index (κ3) is 11.1. The fraction of sp³-hybridized carbons (Fsp3) is 1.00. The second-order valence-corrected chi connectivity index (χ2v) is 3.27. The molecular formula is CH3AsNaO4-. The second-order valence-electron chi connectivity index (χ2n) is 0.630. The molecule has 0 aromatic carbocycles. The fourth-order valence-electron chi connectivity index (χ4n) is 0. The first-order chi connectivity index (χ1) is 2.56. The van der Waals surface area contributed by atoms with Crippen LogP contribution in [-0.4, -0.2) is 21.6 Å². The molecule has 0 aliphatic carbocycles. The van der Waals surface area contributed by atoms with Crippen LogP contribution in [0.1, 0.15) is 0 Å². The summed E-state index contributed by atoms with van der Waals surface area (Å²) in [6.07, 6.45) is 0. The van der Waals surface area contributed by atoms with E-state index in [1.54, 1.807) is 0 Å². The van der Waals surface area contributed by atoms with Gasteiger partial charge in [-0.1, -0.05) is 0 Å². The molecule has 0 saturated carbocycles. The topological polar surface area (TPSA) is 72.4 Å². The maximum absolute atomic E-state index is 9.31. The Morgan fingerprint density at radius 3 is 1.71 bits per heavy atom. The van der Waals surface area contributed by atoms with Crippen molar-refractivity contribution in [2.45, 2.75) is 0 Å². The third-order valence-corrected chi connectivity index (χ3v) is 1.16. The quantitative estimate of drug-likeness (QED) is 0.374.